The van der Waals surface area contributed by atoms with Gasteiger partial charge in [-0.1, -0.05) is 64.1 Å². The summed E-state index contributed by atoms with van der Waals surface area (Å²) in [6.45, 7) is 14.0. The Morgan fingerprint density at radius 3 is 2.33 bits per heavy atom. The van der Waals surface area contributed by atoms with E-state index in [0.717, 1.165) is 22.4 Å². The molecule has 0 saturated heterocycles. The Morgan fingerprint density at radius 2 is 1.55 bits per heavy atom. The van der Waals surface area contributed by atoms with Crippen molar-refractivity contribution in [2.24, 2.45) is 0 Å². The molecule has 0 N–H and O–H groups in total. The van der Waals surface area contributed by atoms with Crippen LogP contribution in [0.3, 0.4) is 0 Å². The summed E-state index contributed by atoms with van der Waals surface area (Å²) >= 11 is 0. The molecule has 0 fully saturated rings. The fraction of sp³-hybridized carbons (Fsp3) is 0.323. The van der Waals surface area contributed by atoms with Crippen LogP contribution in [0, 0.1) is 13.8 Å². The van der Waals surface area contributed by atoms with Crippen molar-refractivity contribution in [2.45, 2.75) is 65.2 Å². The van der Waals surface area contributed by atoms with Gasteiger partial charge in [0.1, 0.15) is 11.3 Å². The largest absolute Gasteiger partial charge is 0.454 e. The second-order valence-electron chi connectivity index (χ2n) is 11.2. The van der Waals surface area contributed by atoms with E-state index in [1.165, 1.54) is 56.6 Å². The molecule has 3 aromatic carbocycles. The molecule has 2 heteroatoms. The molecule has 0 saturated carbocycles. The number of aromatic nitrogens is 1. The number of hydrogen-bond donors (Lipinski definition) is 0. The van der Waals surface area contributed by atoms with Crippen LogP contribution < -0.4 is 0 Å². The molecule has 166 valence electrons. The van der Waals surface area contributed by atoms with Crippen molar-refractivity contribution in [3.63, 3.8) is 0 Å². The van der Waals surface area contributed by atoms with Crippen molar-refractivity contribution >= 4 is 32.7 Å². The second-order valence-corrected chi connectivity index (χ2v) is 11.2. The van der Waals surface area contributed by atoms with Crippen LogP contribution in [-0.2, 0) is 10.8 Å². The number of furan rings is 1. The van der Waals surface area contributed by atoms with Gasteiger partial charge in [0.05, 0.1) is 0 Å². The minimum absolute atomic E-state index is 0.150. The number of rotatable bonds is 1. The zero-order chi connectivity index (χ0) is 23.1. The topological polar surface area (TPSA) is 26.0 Å². The first-order valence-corrected chi connectivity index (χ1v) is 12.0. The molecule has 6 rings (SSSR count). The number of pyridine rings is 1. The summed E-state index contributed by atoms with van der Waals surface area (Å²) in [6.07, 6.45) is 4.34. The molecular formula is C31H31NO. The predicted octanol–water partition coefficient (Wildman–Crippen LogP) is 8.77. The average Bonchev–Trinajstić information content (AvgIpc) is 3.17. The average molecular weight is 434 g/mol. The number of hydrogen-bond acceptors (Lipinski definition) is 2. The summed E-state index contributed by atoms with van der Waals surface area (Å²) in [5.41, 5.74) is 9.84. The molecule has 0 radical (unpaired) electrons. The number of fused-ring (bicyclic) bond motifs is 5. The highest BCUT2D eigenvalue weighted by molar-refractivity contribution is 6.13. The zero-order valence-corrected chi connectivity index (χ0v) is 20.5. The molecule has 0 amide bonds. The molecule has 1 aliphatic carbocycles. The van der Waals surface area contributed by atoms with E-state index in [0.29, 0.717) is 0 Å². The third-order valence-corrected chi connectivity index (χ3v) is 8.11. The highest BCUT2D eigenvalue weighted by Gasteiger charge is 2.39. The molecule has 1 aliphatic rings. The van der Waals surface area contributed by atoms with E-state index in [4.69, 9.17) is 9.40 Å². The van der Waals surface area contributed by atoms with Gasteiger partial charge in [-0.15, -0.1) is 0 Å². The van der Waals surface area contributed by atoms with Crippen LogP contribution in [0.1, 0.15) is 62.8 Å². The lowest BCUT2D eigenvalue weighted by Gasteiger charge is -2.42. The lowest BCUT2D eigenvalue weighted by Crippen LogP contribution is -2.34. The van der Waals surface area contributed by atoms with Crippen LogP contribution in [0.2, 0.25) is 0 Å². The van der Waals surface area contributed by atoms with Crippen molar-refractivity contribution in [2.75, 3.05) is 0 Å². The van der Waals surface area contributed by atoms with E-state index in [2.05, 4.69) is 90.1 Å². The standard InChI is InChI=1S/C31H31NO/c1-18-11-12-22(21-10-8-7-9-20(18)21)28-29-23(13-16-32-28)26-19(2)27-24(17-25(26)33-29)30(3,4)14-15-31(27,5)6/h7-13,16-17H,14-15H2,1-6H3. The van der Waals surface area contributed by atoms with E-state index < -0.39 is 0 Å². The number of benzene rings is 3. The summed E-state index contributed by atoms with van der Waals surface area (Å²) in [5, 5.41) is 4.89. The van der Waals surface area contributed by atoms with E-state index >= 15 is 0 Å². The van der Waals surface area contributed by atoms with Crippen molar-refractivity contribution in [3.8, 4) is 11.3 Å². The fourth-order valence-electron chi connectivity index (χ4n) is 6.20. The summed E-state index contributed by atoms with van der Waals surface area (Å²) in [4.78, 5) is 4.84. The van der Waals surface area contributed by atoms with E-state index in [1.54, 1.807) is 0 Å². The Bertz CT molecular complexity index is 1580. The van der Waals surface area contributed by atoms with E-state index in [1.807, 2.05) is 6.20 Å². The van der Waals surface area contributed by atoms with Crippen LogP contribution in [0.5, 0.6) is 0 Å². The van der Waals surface area contributed by atoms with Crippen LogP contribution in [-0.4, -0.2) is 4.98 Å². The molecule has 0 atom stereocenters. The van der Waals surface area contributed by atoms with Crippen LogP contribution in [0.15, 0.2) is 59.1 Å². The molecule has 2 nitrogen and oxygen atoms in total. The summed E-state index contributed by atoms with van der Waals surface area (Å²) in [6, 6.07) is 17.4. The highest BCUT2D eigenvalue weighted by Crippen LogP contribution is 2.50. The maximum atomic E-state index is 6.66. The molecule has 0 unspecified atom stereocenters. The lowest BCUT2D eigenvalue weighted by molar-refractivity contribution is 0.331. The SMILES string of the molecule is Cc1ccc(-c2nccc3c2oc2cc4c(c(C)c23)C(C)(C)CCC4(C)C)c2ccccc12. The van der Waals surface area contributed by atoms with Gasteiger partial charge >= 0.3 is 0 Å². The van der Waals surface area contributed by atoms with Gasteiger partial charge in [0.25, 0.3) is 0 Å². The van der Waals surface area contributed by atoms with Gasteiger partial charge < -0.3 is 4.42 Å². The fourth-order valence-corrected chi connectivity index (χ4v) is 6.20. The van der Waals surface area contributed by atoms with Gasteiger partial charge in [0.15, 0.2) is 5.58 Å². The van der Waals surface area contributed by atoms with Gasteiger partial charge in [-0.05, 0) is 82.7 Å². The molecule has 2 aromatic heterocycles. The van der Waals surface area contributed by atoms with Crippen molar-refractivity contribution in [1.82, 2.24) is 4.98 Å². The minimum atomic E-state index is 0.150. The molecule has 0 spiro atoms. The Labute approximate surface area is 195 Å². The van der Waals surface area contributed by atoms with Gasteiger partial charge in [-0.2, -0.15) is 0 Å². The molecule has 5 aromatic rings. The summed E-state index contributed by atoms with van der Waals surface area (Å²) < 4.78 is 6.66. The van der Waals surface area contributed by atoms with Crippen LogP contribution in [0.4, 0.5) is 0 Å². The van der Waals surface area contributed by atoms with Crippen molar-refractivity contribution in [1.29, 1.82) is 0 Å². The normalized spacial score (nSPS) is 17.0. The lowest BCUT2D eigenvalue weighted by atomic mass is 9.62. The van der Waals surface area contributed by atoms with Crippen molar-refractivity contribution in [3.05, 3.63) is 77.0 Å². The maximum Gasteiger partial charge on any atom is 0.161 e. The highest BCUT2D eigenvalue weighted by atomic mass is 16.3. The minimum Gasteiger partial charge on any atom is -0.454 e. The Kier molecular flexibility index (Phi) is 4.15. The second kappa shape index (κ2) is 6.70. The maximum absolute atomic E-state index is 6.66. The quantitative estimate of drug-likeness (QED) is 0.264. The monoisotopic (exact) mass is 433 g/mol. The van der Waals surface area contributed by atoms with Gasteiger partial charge in [-0.25, -0.2) is 0 Å². The van der Waals surface area contributed by atoms with Crippen LogP contribution in [0.25, 0.3) is 44.0 Å². The van der Waals surface area contributed by atoms with Gasteiger partial charge in [0, 0.05) is 22.5 Å². The molecule has 33 heavy (non-hydrogen) atoms. The van der Waals surface area contributed by atoms with E-state index in [-0.39, 0.29) is 10.8 Å². The third-order valence-electron chi connectivity index (χ3n) is 8.11. The van der Waals surface area contributed by atoms with Crippen LogP contribution >= 0.6 is 0 Å². The molecule has 0 bridgehead atoms. The van der Waals surface area contributed by atoms with Gasteiger partial charge in [-0.3, -0.25) is 4.98 Å². The number of aryl methyl sites for hydroxylation is 2. The third kappa shape index (κ3) is 2.83. The predicted molar refractivity (Wildman–Crippen MR) is 139 cm³/mol. The first-order chi connectivity index (χ1) is 15.7. The zero-order valence-electron chi connectivity index (χ0n) is 20.5. The molecule has 2 heterocycles. The first-order valence-electron chi connectivity index (χ1n) is 12.0. The first kappa shape index (κ1) is 20.5. The molecular weight excluding hydrogens is 402 g/mol. The smallest absolute Gasteiger partial charge is 0.161 e. The summed E-state index contributed by atoms with van der Waals surface area (Å²) in [7, 11) is 0. The summed E-state index contributed by atoms with van der Waals surface area (Å²) in [5.74, 6) is 0. The Morgan fingerprint density at radius 1 is 0.818 bits per heavy atom. The Hall–Kier alpha value is -3.13. The molecule has 0 aliphatic heterocycles. The number of nitrogens with zero attached hydrogens (tertiary/aromatic N) is 1. The Balaban J connectivity index is 1.72. The van der Waals surface area contributed by atoms with E-state index in [9.17, 15) is 0 Å². The van der Waals surface area contributed by atoms with Crippen molar-refractivity contribution < 1.29 is 4.42 Å². The van der Waals surface area contributed by atoms with Gasteiger partial charge in [0.2, 0.25) is 0 Å².